The number of para-hydroxylation sites is 6. The van der Waals surface area contributed by atoms with E-state index in [4.69, 9.17) is 0 Å². The minimum atomic E-state index is -0.350. The molecule has 13 aromatic rings. The van der Waals surface area contributed by atoms with E-state index in [1.165, 1.54) is 44.5 Å². The lowest BCUT2D eigenvalue weighted by atomic mass is 9.73. The molecule has 0 atom stereocenters. The number of anilines is 12. The molecule has 0 saturated carbocycles. The van der Waals surface area contributed by atoms with Crippen molar-refractivity contribution >= 4 is 68.2 Å². The molecular formula is C81H60N4. The van der Waals surface area contributed by atoms with Crippen LogP contribution < -0.4 is 19.6 Å². The SMILES string of the molecule is c1ccc(N(c2ccccc2)c2ccc(-c3ccc(N(c4ccccc4)c4ccc5c(c4)C4(CCc6ccccc64)c4cc(N(c6ccccc6)c6ccc(-c7ccc(N(c8ccccc8)c8ccccc8)cc7)cc6)ccc4-5)cc3)cc2)cc1. The molecular weight excluding hydrogens is 1030 g/mol. The average molecular weight is 1090 g/mol. The van der Waals surface area contributed by atoms with Gasteiger partial charge < -0.3 is 19.6 Å². The molecule has 0 bridgehead atoms. The molecule has 4 nitrogen and oxygen atoms in total. The van der Waals surface area contributed by atoms with Gasteiger partial charge in [0.1, 0.15) is 0 Å². The van der Waals surface area contributed by atoms with Crippen molar-refractivity contribution in [3.63, 3.8) is 0 Å². The number of rotatable bonds is 14. The van der Waals surface area contributed by atoms with Crippen LogP contribution >= 0.6 is 0 Å². The fourth-order valence-electron chi connectivity index (χ4n) is 13.3. The van der Waals surface area contributed by atoms with Crippen molar-refractivity contribution < 1.29 is 0 Å². The van der Waals surface area contributed by atoms with Crippen molar-refractivity contribution in [2.45, 2.75) is 18.3 Å². The molecule has 85 heavy (non-hydrogen) atoms. The lowest BCUT2D eigenvalue weighted by Crippen LogP contribution is -2.24. The number of benzene rings is 13. The van der Waals surface area contributed by atoms with E-state index in [9.17, 15) is 0 Å². The molecule has 15 rings (SSSR count). The van der Waals surface area contributed by atoms with Gasteiger partial charge >= 0.3 is 0 Å². The Kier molecular flexibility index (Phi) is 13.2. The first-order valence-electron chi connectivity index (χ1n) is 29.4. The second-order valence-electron chi connectivity index (χ2n) is 22.1. The first-order valence-corrected chi connectivity index (χ1v) is 29.4. The molecule has 0 aliphatic heterocycles. The normalized spacial score (nSPS) is 12.5. The van der Waals surface area contributed by atoms with Crippen LogP contribution in [0.1, 0.15) is 28.7 Å². The Bertz CT molecular complexity index is 4080. The van der Waals surface area contributed by atoms with Gasteiger partial charge in [0.2, 0.25) is 0 Å². The summed E-state index contributed by atoms with van der Waals surface area (Å²) in [5.74, 6) is 0. The fraction of sp³-hybridized carbons (Fsp3) is 0.0370. The smallest absolute Gasteiger partial charge is 0.0471 e. The highest BCUT2D eigenvalue weighted by Gasteiger charge is 2.49. The van der Waals surface area contributed by atoms with Gasteiger partial charge in [0, 0.05) is 73.7 Å². The van der Waals surface area contributed by atoms with Crippen molar-refractivity contribution in [1.29, 1.82) is 0 Å². The molecule has 0 fully saturated rings. The van der Waals surface area contributed by atoms with E-state index in [-0.39, 0.29) is 5.41 Å². The highest BCUT2D eigenvalue weighted by molar-refractivity contribution is 5.91. The average Bonchev–Trinajstić information content (AvgIpc) is 1.89. The Balaban J connectivity index is 0.769. The number of hydrogen-bond donors (Lipinski definition) is 0. The standard InChI is InChI=1S/C81H60N4/c1-7-22-64(23-8-1)82(65-24-9-2-10-25-65)70-43-35-59(36-44-70)61-39-47-72(48-40-61)84(68-30-15-5-16-31-68)74-51-53-76-77-54-52-75(58-80(77)81(79(76)57-74)56-55-63-21-19-20-34-78(63)81)85(69-32-17-6-18-33-69)73-49-41-62(42-50-73)60-37-45-71(46-38-60)83(66-26-11-3-12-27-66)67-28-13-4-14-29-67/h1-54,57-58H,55-56H2. The van der Waals surface area contributed by atoms with Crippen LogP contribution in [0.5, 0.6) is 0 Å². The second kappa shape index (κ2) is 22.1. The van der Waals surface area contributed by atoms with Gasteiger partial charge in [-0.3, -0.25) is 0 Å². The minimum Gasteiger partial charge on any atom is -0.311 e. The molecule has 2 aliphatic rings. The van der Waals surface area contributed by atoms with Crippen LogP contribution in [0.15, 0.2) is 340 Å². The van der Waals surface area contributed by atoms with Crippen LogP contribution in [0.3, 0.4) is 0 Å². The van der Waals surface area contributed by atoms with Crippen molar-refractivity contribution in [1.82, 2.24) is 0 Å². The molecule has 0 N–H and O–H groups in total. The third-order valence-corrected chi connectivity index (χ3v) is 17.2. The maximum atomic E-state index is 2.50. The molecule has 4 heteroatoms. The van der Waals surface area contributed by atoms with Crippen LogP contribution in [0.4, 0.5) is 68.2 Å². The van der Waals surface area contributed by atoms with Crippen molar-refractivity contribution in [2.24, 2.45) is 0 Å². The minimum absolute atomic E-state index is 0.350. The second-order valence-corrected chi connectivity index (χ2v) is 22.1. The molecule has 0 amide bonds. The summed E-state index contributed by atoms with van der Waals surface area (Å²) in [6.07, 6.45) is 1.99. The Labute approximate surface area is 498 Å². The maximum Gasteiger partial charge on any atom is 0.0471 e. The van der Waals surface area contributed by atoms with Crippen LogP contribution in [0.2, 0.25) is 0 Å². The van der Waals surface area contributed by atoms with Crippen molar-refractivity contribution in [3.05, 3.63) is 362 Å². The first kappa shape index (κ1) is 51.0. The first-order chi connectivity index (χ1) is 42.1. The summed E-state index contributed by atoms with van der Waals surface area (Å²) in [5, 5.41) is 0. The number of nitrogens with zero attached hydrogens (tertiary/aromatic N) is 4. The fourth-order valence-corrected chi connectivity index (χ4v) is 13.3. The molecule has 1 spiro atoms. The van der Waals surface area contributed by atoms with E-state index in [1.807, 2.05) is 0 Å². The van der Waals surface area contributed by atoms with Gasteiger partial charge in [-0.05, 0) is 214 Å². The van der Waals surface area contributed by atoms with Crippen LogP contribution in [-0.2, 0) is 11.8 Å². The van der Waals surface area contributed by atoms with E-state index in [2.05, 4.69) is 359 Å². The summed E-state index contributed by atoms with van der Waals surface area (Å²) in [7, 11) is 0. The summed E-state index contributed by atoms with van der Waals surface area (Å²) in [6.45, 7) is 0. The Morgan fingerprint density at radius 2 is 0.435 bits per heavy atom. The van der Waals surface area contributed by atoms with Gasteiger partial charge in [-0.1, -0.05) is 194 Å². The topological polar surface area (TPSA) is 13.0 Å². The molecule has 0 radical (unpaired) electrons. The predicted octanol–water partition coefficient (Wildman–Crippen LogP) is 22.2. The highest BCUT2D eigenvalue weighted by Crippen LogP contribution is 2.60. The zero-order valence-electron chi connectivity index (χ0n) is 47.0. The van der Waals surface area contributed by atoms with Gasteiger partial charge in [0.05, 0.1) is 0 Å². The monoisotopic (exact) mass is 1090 g/mol. The zero-order chi connectivity index (χ0) is 56.5. The third kappa shape index (κ3) is 9.40. The Morgan fingerprint density at radius 1 is 0.200 bits per heavy atom. The molecule has 0 aromatic heterocycles. The van der Waals surface area contributed by atoms with Gasteiger partial charge in [-0.2, -0.15) is 0 Å². The molecule has 0 heterocycles. The van der Waals surface area contributed by atoms with Crippen molar-refractivity contribution in [3.8, 4) is 33.4 Å². The van der Waals surface area contributed by atoms with Crippen LogP contribution in [0.25, 0.3) is 33.4 Å². The number of aryl methyl sites for hydroxylation is 1. The molecule has 404 valence electrons. The quantitative estimate of drug-likeness (QED) is 0.108. The van der Waals surface area contributed by atoms with Crippen molar-refractivity contribution in [2.75, 3.05) is 19.6 Å². The van der Waals surface area contributed by atoms with E-state index < -0.39 is 0 Å². The van der Waals surface area contributed by atoms with E-state index in [1.54, 1.807) is 0 Å². The largest absolute Gasteiger partial charge is 0.311 e. The van der Waals surface area contributed by atoms with E-state index in [0.717, 1.165) is 92.2 Å². The van der Waals surface area contributed by atoms with Crippen LogP contribution in [0, 0.1) is 0 Å². The Morgan fingerprint density at radius 3 is 0.729 bits per heavy atom. The molecule has 0 saturated heterocycles. The molecule has 13 aromatic carbocycles. The maximum absolute atomic E-state index is 2.50. The lowest BCUT2D eigenvalue weighted by molar-refractivity contribution is 0.626. The summed E-state index contributed by atoms with van der Waals surface area (Å²) in [5.41, 5.74) is 25.8. The molecule has 0 unspecified atom stereocenters. The van der Waals surface area contributed by atoms with E-state index in [0.29, 0.717) is 0 Å². The number of fused-ring (bicyclic) bond motifs is 7. The number of hydrogen-bond acceptors (Lipinski definition) is 4. The summed E-state index contributed by atoms with van der Waals surface area (Å²) in [6, 6.07) is 124. The Hall–Kier alpha value is -10.9. The highest BCUT2D eigenvalue weighted by atomic mass is 15.2. The lowest BCUT2D eigenvalue weighted by Gasteiger charge is -2.32. The van der Waals surface area contributed by atoms with Gasteiger partial charge in [0.25, 0.3) is 0 Å². The van der Waals surface area contributed by atoms with Crippen LogP contribution in [-0.4, -0.2) is 0 Å². The summed E-state index contributed by atoms with van der Waals surface area (Å²) < 4.78 is 0. The summed E-state index contributed by atoms with van der Waals surface area (Å²) in [4.78, 5) is 9.46. The summed E-state index contributed by atoms with van der Waals surface area (Å²) >= 11 is 0. The van der Waals surface area contributed by atoms with Gasteiger partial charge in [-0.15, -0.1) is 0 Å². The predicted molar refractivity (Wildman–Crippen MR) is 356 cm³/mol. The van der Waals surface area contributed by atoms with E-state index >= 15 is 0 Å². The zero-order valence-corrected chi connectivity index (χ0v) is 47.0. The third-order valence-electron chi connectivity index (χ3n) is 17.2. The van der Waals surface area contributed by atoms with Gasteiger partial charge in [-0.25, -0.2) is 0 Å². The van der Waals surface area contributed by atoms with Gasteiger partial charge in [0.15, 0.2) is 0 Å². The molecule has 2 aliphatic carbocycles.